The molecule has 0 amide bonds. The van der Waals surface area contributed by atoms with E-state index in [2.05, 4.69) is 42.3 Å². The van der Waals surface area contributed by atoms with E-state index >= 15 is 0 Å². The summed E-state index contributed by atoms with van der Waals surface area (Å²) >= 11 is 6.70. The molecule has 2 rings (SSSR count). The summed E-state index contributed by atoms with van der Waals surface area (Å²) in [6, 6.07) is 1.95. The summed E-state index contributed by atoms with van der Waals surface area (Å²) in [6.07, 6.45) is 2.02. The van der Waals surface area contributed by atoms with E-state index in [1.54, 1.807) is 0 Å². The normalized spacial score (nSPS) is 11.1. The molecule has 1 N–H and O–H groups in total. The van der Waals surface area contributed by atoms with Crippen molar-refractivity contribution < 1.29 is 4.42 Å². The average Bonchev–Trinajstić information content (AvgIpc) is 2.72. The van der Waals surface area contributed by atoms with E-state index in [1.807, 2.05) is 30.9 Å². The maximum Gasteiger partial charge on any atom is 0.183 e. The van der Waals surface area contributed by atoms with Gasteiger partial charge in [0.25, 0.3) is 0 Å². The standard InChI is InChI=1S/C11H13Br2N3O/c1-7-8(6-16(2)15-7)4-14-5-9-3-10(12)11(13)17-9/h3,6,14H,4-5H2,1-2H3. The van der Waals surface area contributed by atoms with Gasteiger partial charge in [-0.05, 0) is 44.8 Å². The van der Waals surface area contributed by atoms with Crippen LogP contribution in [-0.4, -0.2) is 9.78 Å². The van der Waals surface area contributed by atoms with Gasteiger partial charge < -0.3 is 9.73 Å². The van der Waals surface area contributed by atoms with Crippen molar-refractivity contribution in [3.05, 3.63) is 38.4 Å². The molecule has 0 atom stereocenters. The van der Waals surface area contributed by atoms with Gasteiger partial charge in [0.1, 0.15) is 5.76 Å². The second-order valence-electron chi connectivity index (χ2n) is 3.85. The Kier molecular flexibility index (Phi) is 4.06. The number of rotatable bonds is 4. The van der Waals surface area contributed by atoms with Gasteiger partial charge in [-0.2, -0.15) is 5.10 Å². The van der Waals surface area contributed by atoms with Crippen molar-refractivity contribution in [2.45, 2.75) is 20.0 Å². The minimum Gasteiger partial charge on any atom is -0.452 e. The average molecular weight is 363 g/mol. The molecule has 0 unspecified atom stereocenters. The SMILES string of the molecule is Cc1nn(C)cc1CNCc1cc(Br)c(Br)o1. The fourth-order valence-electron chi connectivity index (χ4n) is 1.62. The summed E-state index contributed by atoms with van der Waals surface area (Å²) in [4.78, 5) is 0. The van der Waals surface area contributed by atoms with Crippen LogP contribution in [0.1, 0.15) is 17.0 Å². The number of furan rings is 1. The molecule has 0 aromatic carbocycles. The third kappa shape index (κ3) is 3.20. The summed E-state index contributed by atoms with van der Waals surface area (Å²) < 4.78 is 8.97. The third-order valence-electron chi connectivity index (χ3n) is 2.43. The van der Waals surface area contributed by atoms with Crippen LogP contribution in [0.25, 0.3) is 0 Å². The number of aromatic nitrogens is 2. The molecule has 0 aliphatic carbocycles. The molecule has 4 nitrogen and oxygen atoms in total. The van der Waals surface area contributed by atoms with Crippen molar-refractivity contribution in [1.29, 1.82) is 0 Å². The first kappa shape index (κ1) is 12.9. The largest absolute Gasteiger partial charge is 0.452 e. The Morgan fingerprint density at radius 1 is 1.41 bits per heavy atom. The van der Waals surface area contributed by atoms with E-state index in [0.717, 1.165) is 27.1 Å². The molecule has 2 aromatic rings. The van der Waals surface area contributed by atoms with Crippen molar-refractivity contribution in [3.63, 3.8) is 0 Å². The Hall–Kier alpha value is -0.590. The van der Waals surface area contributed by atoms with Gasteiger partial charge in [-0.3, -0.25) is 4.68 Å². The first-order valence-corrected chi connectivity index (χ1v) is 6.78. The van der Waals surface area contributed by atoms with Gasteiger partial charge in [0.15, 0.2) is 4.67 Å². The predicted molar refractivity (Wildman–Crippen MR) is 72.6 cm³/mol. The van der Waals surface area contributed by atoms with E-state index in [4.69, 9.17) is 4.42 Å². The number of aryl methyl sites for hydroxylation is 2. The first-order valence-electron chi connectivity index (χ1n) is 5.20. The number of halogens is 2. The molecular weight excluding hydrogens is 350 g/mol. The van der Waals surface area contributed by atoms with Crippen molar-refractivity contribution in [2.24, 2.45) is 7.05 Å². The van der Waals surface area contributed by atoms with Crippen LogP contribution in [0.2, 0.25) is 0 Å². The molecule has 0 aliphatic heterocycles. The highest BCUT2D eigenvalue weighted by Crippen LogP contribution is 2.26. The Morgan fingerprint density at radius 2 is 2.18 bits per heavy atom. The summed E-state index contributed by atoms with van der Waals surface area (Å²) in [6.45, 7) is 3.49. The molecule has 17 heavy (non-hydrogen) atoms. The van der Waals surface area contributed by atoms with Gasteiger partial charge >= 0.3 is 0 Å². The Bertz CT molecular complexity index is 499. The molecule has 0 spiro atoms. The summed E-state index contributed by atoms with van der Waals surface area (Å²) in [5.74, 6) is 0.894. The Labute approximate surface area is 117 Å². The van der Waals surface area contributed by atoms with Gasteiger partial charge in [0.05, 0.1) is 16.7 Å². The molecule has 0 saturated heterocycles. The van der Waals surface area contributed by atoms with E-state index in [1.165, 1.54) is 5.56 Å². The van der Waals surface area contributed by atoms with Crippen LogP contribution in [0.4, 0.5) is 0 Å². The van der Waals surface area contributed by atoms with Gasteiger partial charge in [0, 0.05) is 25.4 Å². The highest BCUT2D eigenvalue weighted by molar-refractivity contribution is 9.13. The lowest BCUT2D eigenvalue weighted by Gasteiger charge is -2.00. The van der Waals surface area contributed by atoms with E-state index < -0.39 is 0 Å². The molecular formula is C11H13Br2N3O. The zero-order chi connectivity index (χ0) is 12.4. The lowest BCUT2D eigenvalue weighted by Crippen LogP contribution is -2.12. The first-order chi connectivity index (χ1) is 8.06. The van der Waals surface area contributed by atoms with Crippen molar-refractivity contribution in [1.82, 2.24) is 15.1 Å². The molecule has 0 bridgehead atoms. The summed E-state index contributed by atoms with van der Waals surface area (Å²) in [7, 11) is 1.93. The van der Waals surface area contributed by atoms with Crippen LogP contribution >= 0.6 is 31.9 Å². The Morgan fingerprint density at radius 3 is 2.71 bits per heavy atom. The fraction of sp³-hybridized carbons (Fsp3) is 0.364. The molecule has 2 heterocycles. The molecule has 0 fully saturated rings. The minimum absolute atomic E-state index is 0.693. The molecule has 2 aromatic heterocycles. The van der Waals surface area contributed by atoms with Gasteiger partial charge in [-0.25, -0.2) is 0 Å². The number of nitrogens with zero attached hydrogens (tertiary/aromatic N) is 2. The Balaban J connectivity index is 1.89. The van der Waals surface area contributed by atoms with Crippen LogP contribution in [0.15, 0.2) is 25.8 Å². The smallest absolute Gasteiger partial charge is 0.183 e. The number of hydrogen-bond donors (Lipinski definition) is 1. The number of hydrogen-bond acceptors (Lipinski definition) is 3. The third-order valence-corrected chi connectivity index (χ3v) is 4.14. The van der Waals surface area contributed by atoms with Crippen molar-refractivity contribution >= 4 is 31.9 Å². The van der Waals surface area contributed by atoms with Crippen LogP contribution in [0, 0.1) is 6.92 Å². The highest BCUT2D eigenvalue weighted by Gasteiger charge is 2.06. The minimum atomic E-state index is 0.693. The quantitative estimate of drug-likeness (QED) is 0.908. The maximum atomic E-state index is 5.47. The van der Waals surface area contributed by atoms with Crippen molar-refractivity contribution in [3.8, 4) is 0 Å². The van der Waals surface area contributed by atoms with Crippen molar-refractivity contribution in [2.75, 3.05) is 0 Å². The summed E-state index contributed by atoms with van der Waals surface area (Å²) in [5, 5.41) is 7.62. The molecule has 0 radical (unpaired) electrons. The maximum absolute atomic E-state index is 5.47. The lowest BCUT2D eigenvalue weighted by molar-refractivity contribution is 0.464. The van der Waals surface area contributed by atoms with Crippen LogP contribution in [-0.2, 0) is 20.1 Å². The second-order valence-corrected chi connectivity index (χ2v) is 5.43. The molecule has 0 aliphatic rings. The fourth-order valence-corrected chi connectivity index (χ4v) is 2.28. The van der Waals surface area contributed by atoms with Crippen LogP contribution in [0.5, 0.6) is 0 Å². The zero-order valence-electron chi connectivity index (χ0n) is 9.63. The van der Waals surface area contributed by atoms with Crippen LogP contribution < -0.4 is 5.32 Å². The lowest BCUT2D eigenvalue weighted by atomic mass is 10.2. The van der Waals surface area contributed by atoms with Gasteiger partial charge in [-0.15, -0.1) is 0 Å². The highest BCUT2D eigenvalue weighted by atomic mass is 79.9. The second kappa shape index (κ2) is 5.37. The van der Waals surface area contributed by atoms with Gasteiger partial charge in [0.2, 0.25) is 0 Å². The van der Waals surface area contributed by atoms with E-state index in [-0.39, 0.29) is 0 Å². The topological polar surface area (TPSA) is 43.0 Å². The summed E-state index contributed by atoms with van der Waals surface area (Å²) in [5.41, 5.74) is 2.26. The van der Waals surface area contributed by atoms with Gasteiger partial charge in [-0.1, -0.05) is 0 Å². The van der Waals surface area contributed by atoms with Crippen LogP contribution in [0.3, 0.4) is 0 Å². The van der Waals surface area contributed by atoms with E-state index in [0.29, 0.717) is 6.54 Å². The zero-order valence-corrected chi connectivity index (χ0v) is 12.8. The monoisotopic (exact) mass is 361 g/mol. The molecule has 6 heteroatoms. The number of nitrogens with one attached hydrogen (secondary N) is 1. The predicted octanol–water partition coefficient (Wildman–Crippen LogP) is 3.14. The molecule has 92 valence electrons. The molecule has 0 saturated carbocycles. The van der Waals surface area contributed by atoms with E-state index in [9.17, 15) is 0 Å².